The molecule has 32 heavy (non-hydrogen) atoms. The summed E-state index contributed by atoms with van der Waals surface area (Å²) in [5, 5.41) is 1.15. The molecule has 0 aliphatic rings. The molecule has 0 aliphatic carbocycles. The summed E-state index contributed by atoms with van der Waals surface area (Å²) in [7, 11) is 5.53. The third kappa shape index (κ3) is 17.9. The van der Waals surface area contributed by atoms with Crippen molar-refractivity contribution >= 4 is 23.8 Å². The van der Waals surface area contributed by atoms with Gasteiger partial charge in [-0.2, -0.15) is 0 Å². The van der Waals surface area contributed by atoms with Crippen LogP contribution >= 0.6 is 15.9 Å². The second kappa shape index (κ2) is 23.5. The Balaban J connectivity index is 1.99. The van der Waals surface area contributed by atoms with E-state index in [0.29, 0.717) is 0 Å². The lowest BCUT2D eigenvalue weighted by Gasteiger charge is -2.12. The van der Waals surface area contributed by atoms with E-state index in [4.69, 9.17) is 17.3 Å². The number of benzene rings is 1. The zero-order valence-electron chi connectivity index (χ0n) is 20.6. The van der Waals surface area contributed by atoms with Crippen molar-refractivity contribution in [3.8, 4) is 11.5 Å². The van der Waals surface area contributed by atoms with Crippen molar-refractivity contribution in [2.24, 2.45) is 0 Å². The molecule has 0 heterocycles. The van der Waals surface area contributed by atoms with Crippen LogP contribution in [0.1, 0.15) is 116 Å². The number of ether oxygens (including phenoxy) is 2. The van der Waals surface area contributed by atoms with Crippen LogP contribution in [0.4, 0.5) is 0 Å². The smallest absolute Gasteiger partial charge is 0.161 e. The van der Waals surface area contributed by atoms with Crippen LogP contribution in [0.5, 0.6) is 11.5 Å². The third-order valence-corrected chi connectivity index (χ3v) is 6.55. The molecule has 4 heteroatoms. The minimum atomic E-state index is 0.784. The van der Waals surface area contributed by atoms with Crippen LogP contribution in [0.3, 0.4) is 0 Å². The Labute approximate surface area is 209 Å². The highest BCUT2D eigenvalue weighted by molar-refractivity contribution is 9.09. The lowest BCUT2D eigenvalue weighted by Crippen LogP contribution is -2.02. The second-order valence-electron chi connectivity index (χ2n) is 8.99. The lowest BCUT2D eigenvalue weighted by molar-refractivity contribution is 0.258. The van der Waals surface area contributed by atoms with Crippen LogP contribution in [0, 0.1) is 0 Å². The van der Waals surface area contributed by atoms with E-state index in [0.717, 1.165) is 49.2 Å². The summed E-state index contributed by atoms with van der Waals surface area (Å²) in [5.74, 6) is 1.80. The van der Waals surface area contributed by atoms with Crippen molar-refractivity contribution in [1.29, 1.82) is 0 Å². The molecule has 0 fully saturated rings. The minimum absolute atomic E-state index is 0.784. The molecular formula is C28H48BBrO2. The van der Waals surface area contributed by atoms with Gasteiger partial charge in [0, 0.05) is 5.33 Å². The van der Waals surface area contributed by atoms with E-state index in [1.807, 2.05) is 24.3 Å². The van der Waals surface area contributed by atoms with Gasteiger partial charge < -0.3 is 9.47 Å². The fraction of sp³-hybridized carbons (Fsp3) is 0.786. The Hall–Kier alpha value is -0.635. The molecule has 2 radical (unpaired) electrons. The number of para-hydroxylation sites is 2. The van der Waals surface area contributed by atoms with Gasteiger partial charge in [0.15, 0.2) is 11.5 Å². The first-order valence-electron chi connectivity index (χ1n) is 13.5. The van der Waals surface area contributed by atoms with Gasteiger partial charge in [-0.3, -0.25) is 0 Å². The highest BCUT2D eigenvalue weighted by atomic mass is 79.9. The van der Waals surface area contributed by atoms with Crippen molar-refractivity contribution in [2.45, 2.75) is 122 Å². The summed E-state index contributed by atoms with van der Waals surface area (Å²) >= 11 is 3.50. The highest BCUT2D eigenvalue weighted by Gasteiger charge is 2.04. The summed E-state index contributed by atoms with van der Waals surface area (Å²) in [6, 6.07) is 8.13. The number of halogens is 1. The molecule has 0 spiro atoms. The minimum Gasteiger partial charge on any atom is -0.490 e. The summed E-state index contributed by atoms with van der Waals surface area (Å²) in [6.07, 6.45) is 24.4. The maximum Gasteiger partial charge on any atom is 0.161 e. The monoisotopic (exact) mass is 506 g/mol. The van der Waals surface area contributed by atoms with E-state index in [9.17, 15) is 0 Å². The van der Waals surface area contributed by atoms with Crippen molar-refractivity contribution in [1.82, 2.24) is 0 Å². The SMILES string of the molecule is [B]CCCCCCCCCCCOc1ccccc1OCCCCCCCCCCCBr. The highest BCUT2D eigenvalue weighted by Crippen LogP contribution is 2.27. The van der Waals surface area contributed by atoms with Gasteiger partial charge in [-0.05, 0) is 31.4 Å². The maximum atomic E-state index is 6.02. The summed E-state index contributed by atoms with van der Waals surface area (Å²) in [6.45, 7) is 1.57. The molecule has 1 aromatic carbocycles. The molecule has 0 atom stereocenters. The molecular weight excluding hydrogens is 459 g/mol. The molecule has 0 aliphatic heterocycles. The van der Waals surface area contributed by atoms with Crippen molar-refractivity contribution < 1.29 is 9.47 Å². The van der Waals surface area contributed by atoms with Gasteiger partial charge in [0.05, 0.1) is 21.1 Å². The van der Waals surface area contributed by atoms with E-state index < -0.39 is 0 Å². The predicted octanol–water partition coefficient (Wildman–Crippen LogP) is 9.45. The molecule has 0 bridgehead atoms. The van der Waals surface area contributed by atoms with Crippen molar-refractivity contribution in [2.75, 3.05) is 18.5 Å². The molecule has 0 saturated carbocycles. The van der Waals surface area contributed by atoms with E-state index in [1.54, 1.807) is 0 Å². The zero-order chi connectivity index (χ0) is 23.0. The van der Waals surface area contributed by atoms with Crippen molar-refractivity contribution in [3.63, 3.8) is 0 Å². The topological polar surface area (TPSA) is 18.5 Å². The third-order valence-electron chi connectivity index (χ3n) is 5.99. The Morgan fingerprint density at radius 2 is 0.844 bits per heavy atom. The largest absolute Gasteiger partial charge is 0.490 e. The molecule has 0 aromatic heterocycles. The van der Waals surface area contributed by atoms with E-state index in [-0.39, 0.29) is 0 Å². The van der Waals surface area contributed by atoms with Gasteiger partial charge >= 0.3 is 0 Å². The average molecular weight is 507 g/mol. The molecule has 1 aromatic rings. The summed E-state index contributed by atoms with van der Waals surface area (Å²) < 4.78 is 12.0. The number of hydrogen-bond donors (Lipinski definition) is 0. The van der Waals surface area contributed by atoms with Crippen LogP contribution in [0.15, 0.2) is 24.3 Å². The van der Waals surface area contributed by atoms with Gasteiger partial charge in [-0.1, -0.05) is 131 Å². The van der Waals surface area contributed by atoms with Crippen LogP contribution in [0.25, 0.3) is 0 Å². The molecule has 0 saturated heterocycles. The first-order valence-corrected chi connectivity index (χ1v) is 14.6. The fourth-order valence-corrected chi connectivity index (χ4v) is 4.37. The second-order valence-corrected chi connectivity index (χ2v) is 9.78. The van der Waals surface area contributed by atoms with E-state index in [1.165, 1.54) is 103 Å². The van der Waals surface area contributed by atoms with Crippen LogP contribution in [-0.2, 0) is 0 Å². The molecule has 0 unspecified atom stereocenters. The quantitative estimate of drug-likeness (QED) is 0.0788. The summed E-state index contributed by atoms with van der Waals surface area (Å²) in [5.41, 5.74) is 0. The van der Waals surface area contributed by atoms with Crippen LogP contribution in [0.2, 0.25) is 6.32 Å². The van der Waals surface area contributed by atoms with Gasteiger partial charge in [-0.15, -0.1) is 0 Å². The van der Waals surface area contributed by atoms with Gasteiger partial charge in [0.25, 0.3) is 0 Å². The average Bonchev–Trinajstić information content (AvgIpc) is 2.81. The molecule has 1 rings (SSSR count). The zero-order valence-corrected chi connectivity index (χ0v) is 22.2. The number of rotatable bonds is 24. The van der Waals surface area contributed by atoms with Gasteiger partial charge in [-0.25, -0.2) is 0 Å². The normalized spacial score (nSPS) is 11.0. The first-order chi connectivity index (χ1) is 15.9. The van der Waals surface area contributed by atoms with E-state index in [2.05, 4.69) is 15.9 Å². The standard InChI is InChI=1S/C28H48BBrO2/c29-23-17-11-7-3-1-5-9-13-19-25-31-27-21-15-16-22-28(27)32-26-20-14-10-6-2-4-8-12-18-24-30/h15-16,21-22H,1-14,17-20,23-26H2. The number of hydrogen-bond acceptors (Lipinski definition) is 2. The Kier molecular flexibility index (Phi) is 21.6. The van der Waals surface area contributed by atoms with Gasteiger partial charge in [0.1, 0.15) is 0 Å². The number of alkyl halides is 1. The maximum absolute atomic E-state index is 6.02. The molecule has 2 nitrogen and oxygen atoms in total. The molecule has 182 valence electrons. The predicted molar refractivity (Wildman–Crippen MR) is 145 cm³/mol. The van der Waals surface area contributed by atoms with Crippen molar-refractivity contribution in [3.05, 3.63) is 24.3 Å². The fourth-order valence-electron chi connectivity index (χ4n) is 3.97. The van der Waals surface area contributed by atoms with E-state index >= 15 is 0 Å². The Morgan fingerprint density at radius 1 is 0.500 bits per heavy atom. The molecule has 0 amide bonds. The van der Waals surface area contributed by atoms with Crippen LogP contribution in [-0.4, -0.2) is 26.4 Å². The number of unbranched alkanes of at least 4 members (excludes halogenated alkanes) is 16. The van der Waals surface area contributed by atoms with Crippen LogP contribution < -0.4 is 9.47 Å². The molecule has 0 N–H and O–H groups in total. The first kappa shape index (κ1) is 29.4. The Bertz CT molecular complexity index is 467. The summed E-state index contributed by atoms with van der Waals surface area (Å²) in [4.78, 5) is 0. The lowest BCUT2D eigenvalue weighted by atomic mass is 9.98. The van der Waals surface area contributed by atoms with Gasteiger partial charge in [0.2, 0.25) is 0 Å². The Morgan fingerprint density at radius 3 is 1.22 bits per heavy atom.